The summed E-state index contributed by atoms with van der Waals surface area (Å²) in [4.78, 5) is 34.1. The third-order valence-corrected chi connectivity index (χ3v) is 5.46. The zero-order valence-electron chi connectivity index (χ0n) is 17.3. The maximum atomic E-state index is 13.6. The Morgan fingerprint density at radius 3 is 2.61 bits per heavy atom. The Hall–Kier alpha value is -3.17. The maximum Gasteiger partial charge on any atom is 0.417 e. The molecule has 1 fully saturated rings. The predicted molar refractivity (Wildman–Crippen MR) is 108 cm³/mol. The summed E-state index contributed by atoms with van der Waals surface area (Å²) in [6, 6.07) is 2.14. The predicted octanol–water partition coefficient (Wildman–Crippen LogP) is 3.90. The van der Waals surface area contributed by atoms with E-state index >= 15 is 0 Å². The van der Waals surface area contributed by atoms with Crippen molar-refractivity contribution < 1.29 is 18.0 Å². The average molecular weight is 433 g/mol. The van der Waals surface area contributed by atoms with E-state index in [1.807, 2.05) is 0 Å². The second-order valence-electron chi connectivity index (χ2n) is 8.20. The summed E-state index contributed by atoms with van der Waals surface area (Å²) in [5.41, 5.74) is -0.742. The lowest BCUT2D eigenvalue weighted by atomic mass is 10.0. The van der Waals surface area contributed by atoms with Gasteiger partial charge >= 0.3 is 6.18 Å². The number of aromatic amines is 2. The van der Waals surface area contributed by atoms with Crippen LogP contribution in [0.25, 0.3) is 11.0 Å². The lowest BCUT2D eigenvalue weighted by molar-refractivity contribution is -0.138. The van der Waals surface area contributed by atoms with Crippen LogP contribution in [0.5, 0.6) is 0 Å². The van der Waals surface area contributed by atoms with Crippen LogP contribution in [0.1, 0.15) is 65.5 Å². The van der Waals surface area contributed by atoms with Crippen molar-refractivity contribution in [3.05, 3.63) is 56.8 Å². The first-order chi connectivity index (χ1) is 14.6. The van der Waals surface area contributed by atoms with E-state index in [1.165, 1.54) is 18.0 Å². The fourth-order valence-electron chi connectivity index (χ4n) is 3.65. The minimum absolute atomic E-state index is 0.104. The molecule has 0 aromatic carbocycles. The Bertz CT molecular complexity index is 1210. The number of nitrogens with one attached hydrogen (secondary N) is 2. The normalized spacial score (nSPS) is 14.4. The summed E-state index contributed by atoms with van der Waals surface area (Å²) in [6.45, 7) is 4.31. The highest BCUT2D eigenvalue weighted by molar-refractivity contribution is 6.05. The quantitative estimate of drug-likeness (QED) is 0.638. The number of amides is 1. The van der Waals surface area contributed by atoms with Gasteiger partial charge in [0.25, 0.3) is 11.5 Å². The molecule has 10 heteroatoms. The molecule has 1 amide bonds. The standard InChI is InChI=1S/C21H22F3N5O2/c1-10(2)29(9-15-16(21(22,23)24)6-11(3)26-19(15)30)20(31)13-7-17(12-4-5-12)27-18-14(13)8-25-28-18/h6-8,10,12H,4-5,9H2,1-3H3,(H,26,30)(H,25,27,28). The van der Waals surface area contributed by atoms with E-state index in [-0.39, 0.29) is 11.6 Å². The Morgan fingerprint density at radius 2 is 2.00 bits per heavy atom. The third kappa shape index (κ3) is 4.06. The zero-order chi connectivity index (χ0) is 22.5. The van der Waals surface area contributed by atoms with E-state index in [1.54, 1.807) is 19.9 Å². The largest absolute Gasteiger partial charge is 0.417 e. The van der Waals surface area contributed by atoms with Crippen LogP contribution in [-0.2, 0) is 12.7 Å². The van der Waals surface area contributed by atoms with E-state index < -0.39 is 41.4 Å². The van der Waals surface area contributed by atoms with Gasteiger partial charge in [0.1, 0.15) is 0 Å². The monoisotopic (exact) mass is 433 g/mol. The van der Waals surface area contributed by atoms with Crippen LogP contribution in [0.3, 0.4) is 0 Å². The topological polar surface area (TPSA) is 94.7 Å². The summed E-state index contributed by atoms with van der Waals surface area (Å²) in [6.07, 6.45) is -1.29. The second-order valence-corrected chi connectivity index (χ2v) is 8.20. The second kappa shape index (κ2) is 7.51. The van der Waals surface area contributed by atoms with E-state index in [9.17, 15) is 22.8 Å². The van der Waals surface area contributed by atoms with Crippen molar-refractivity contribution in [3.8, 4) is 0 Å². The molecular formula is C21H22F3N5O2. The number of hydrogen-bond acceptors (Lipinski definition) is 4. The van der Waals surface area contributed by atoms with Gasteiger partial charge in [-0.1, -0.05) is 0 Å². The fraction of sp³-hybridized carbons (Fsp3) is 0.429. The number of carbonyl (C=O) groups excluding carboxylic acids is 1. The highest BCUT2D eigenvalue weighted by atomic mass is 19.4. The molecule has 2 N–H and O–H groups in total. The van der Waals surface area contributed by atoms with Crippen LogP contribution in [0.15, 0.2) is 23.1 Å². The van der Waals surface area contributed by atoms with E-state index in [0.29, 0.717) is 16.6 Å². The zero-order valence-corrected chi connectivity index (χ0v) is 17.3. The van der Waals surface area contributed by atoms with Crippen LogP contribution in [-0.4, -0.2) is 37.0 Å². The number of hydrogen-bond donors (Lipinski definition) is 2. The fourth-order valence-corrected chi connectivity index (χ4v) is 3.65. The van der Waals surface area contributed by atoms with Crippen LogP contribution in [0.2, 0.25) is 0 Å². The van der Waals surface area contributed by atoms with Crippen LogP contribution in [0, 0.1) is 6.92 Å². The van der Waals surface area contributed by atoms with Crippen molar-refractivity contribution in [2.75, 3.05) is 0 Å². The molecule has 1 aliphatic carbocycles. The van der Waals surface area contributed by atoms with Gasteiger partial charge in [0.15, 0.2) is 5.65 Å². The third-order valence-electron chi connectivity index (χ3n) is 5.46. The number of pyridine rings is 2. The number of aromatic nitrogens is 4. The highest BCUT2D eigenvalue weighted by Gasteiger charge is 2.36. The number of rotatable bonds is 5. The van der Waals surface area contributed by atoms with Crippen molar-refractivity contribution in [1.29, 1.82) is 0 Å². The van der Waals surface area contributed by atoms with Gasteiger partial charge in [0.2, 0.25) is 0 Å². The van der Waals surface area contributed by atoms with Gasteiger partial charge in [-0.3, -0.25) is 14.7 Å². The van der Waals surface area contributed by atoms with Gasteiger partial charge < -0.3 is 9.88 Å². The summed E-state index contributed by atoms with van der Waals surface area (Å²) in [5, 5.41) is 7.22. The first-order valence-electron chi connectivity index (χ1n) is 10.0. The molecule has 0 spiro atoms. The van der Waals surface area contributed by atoms with E-state index in [0.717, 1.165) is 24.6 Å². The van der Waals surface area contributed by atoms with Gasteiger partial charge in [-0.05, 0) is 45.7 Å². The van der Waals surface area contributed by atoms with Crippen molar-refractivity contribution in [2.45, 2.75) is 58.3 Å². The van der Waals surface area contributed by atoms with Crippen molar-refractivity contribution >= 4 is 16.9 Å². The Kier molecular flexibility index (Phi) is 5.10. The average Bonchev–Trinajstić information content (AvgIpc) is 3.42. The number of H-pyrrole nitrogens is 2. The molecule has 164 valence electrons. The maximum absolute atomic E-state index is 13.6. The van der Waals surface area contributed by atoms with Gasteiger partial charge in [0.05, 0.1) is 29.3 Å². The molecule has 31 heavy (non-hydrogen) atoms. The molecule has 4 rings (SSSR count). The molecule has 0 atom stereocenters. The molecule has 0 bridgehead atoms. The Balaban J connectivity index is 1.79. The minimum Gasteiger partial charge on any atom is -0.332 e. The SMILES string of the molecule is Cc1cc(C(F)(F)F)c(CN(C(=O)c2cc(C3CC3)nc3[nH]ncc23)C(C)C)c(=O)[nH]1. The lowest BCUT2D eigenvalue weighted by Crippen LogP contribution is -2.39. The van der Waals surface area contributed by atoms with Crippen molar-refractivity contribution in [2.24, 2.45) is 0 Å². The van der Waals surface area contributed by atoms with Gasteiger partial charge in [0, 0.05) is 28.9 Å². The Morgan fingerprint density at radius 1 is 1.29 bits per heavy atom. The summed E-state index contributed by atoms with van der Waals surface area (Å²) in [5.74, 6) is -0.206. The molecule has 1 aliphatic rings. The molecule has 3 aromatic heterocycles. The molecule has 3 heterocycles. The molecule has 0 saturated heterocycles. The molecule has 7 nitrogen and oxygen atoms in total. The number of halogens is 3. The van der Waals surface area contributed by atoms with Crippen LogP contribution >= 0.6 is 0 Å². The minimum atomic E-state index is -4.71. The number of carbonyl (C=O) groups is 1. The first kappa shape index (κ1) is 21.1. The van der Waals surface area contributed by atoms with Gasteiger partial charge in [-0.25, -0.2) is 4.98 Å². The molecule has 0 unspecified atom stereocenters. The highest BCUT2D eigenvalue weighted by Crippen LogP contribution is 2.40. The number of nitrogens with zero attached hydrogens (tertiary/aromatic N) is 3. The van der Waals surface area contributed by atoms with Gasteiger partial charge in [-0.2, -0.15) is 18.3 Å². The molecular weight excluding hydrogens is 411 g/mol. The van der Waals surface area contributed by atoms with Crippen molar-refractivity contribution in [1.82, 2.24) is 25.1 Å². The van der Waals surface area contributed by atoms with E-state index in [2.05, 4.69) is 20.2 Å². The molecule has 1 saturated carbocycles. The molecule has 0 aliphatic heterocycles. The summed E-state index contributed by atoms with van der Waals surface area (Å²) in [7, 11) is 0. The molecule has 0 radical (unpaired) electrons. The summed E-state index contributed by atoms with van der Waals surface area (Å²) >= 11 is 0. The van der Waals surface area contributed by atoms with E-state index in [4.69, 9.17) is 0 Å². The molecule has 3 aromatic rings. The number of aryl methyl sites for hydroxylation is 1. The van der Waals surface area contributed by atoms with Crippen LogP contribution in [0.4, 0.5) is 13.2 Å². The summed E-state index contributed by atoms with van der Waals surface area (Å²) < 4.78 is 40.9. The lowest BCUT2D eigenvalue weighted by Gasteiger charge is -2.28. The first-order valence-corrected chi connectivity index (χ1v) is 10.0. The van der Waals surface area contributed by atoms with Crippen molar-refractivity contribution in [3.63, 3.8) is 0 Å². The smallest absolute Gasteiger partial charge is 0.332 e. The number of alkyl halides is 3. The van der Waals surface area contributed by atoms with Gasteiger partial charge in [-0.15, -0.1) is 0 Å². The number of fused-ring (bicyclic) bond motifs is 1. The van der Waals surface area contributed by atoms with Crippen LogP contribution < -0.4 is 5.56 Å². The Labute approximate surface area is 175 Å².